The van der Waals surface area contributed by atoms with Crippen molar-refractivity contribution in [1.29, 1.82) is 0 Å². The Morgan fingerprint density at radius 3 is 3.08 bits per heavy atom. The molecule has 1 aromatic carbocycles. The van der Waals surface area contributed by atoms with Gasteiger partial charge in [-0.2, -0.15) is 0 Å². The van der Waals surface area contributed by atoms with Crippen molar-refractivity contribution in [3.05, 3.63) is 69.9 Å². The zero-order valence-corrected chi connectivity index (χ0v) is 15.0. The first-order valence-corrected chi connectivity index (χ1v) is 9.27. The molecule has 3 nitrogen and oxygen atoms in total. The van der Waals surface area contributed by atoms with Crippen molar-refractivity contribution in [2.75, 3.05) is 5.32 Å². The number of thioether (sulfide) groups is 1. The van der Waals surface area contributed by atoms with Crippen LogP contribution in [-0.2, 0) is 0 Å². The van der Waals surface area contributed by atoms with Gasteiger partial charge in [-0.15, -0.1) is 0 Å². The largest absolute Gasteiger partial charge is 0.452 e. The first-order chi connectivity index (χ1) is 11.7. The third kappa shape index (κ3) is 3.18. The number of rotatable bonds is 3. The number of furan rings is 1. The molecule has 0 radical (unpaired) electrons. The number of allylic oxidation sites excluding steroid dienone is 4. The predicted octanol–water partition coefficient (Wildman–Crippen LogP) is 6.22. The van der Waals surface area contributed by atoms with Crippen LogP contribution in [0.25, 0.3) is 16.5 Å². The lowest BCUT2D eigenvalue weighted by atomic mass is 10.2. The highest BCUT2D eigenvalue weighted by atomic mass is 32.2. The maximum Gasteiger partial charge on any atom is 0.207 e. The third-order valence-electron chi connectivity index (χ3n) is 3.64. The van der Waals surface area contributed by atoms with E-state index in [2.05, 4.69) is 60.6 Å². The van der Waals surface area contributed by atoms with Crippen molar-refractivity contribution < 1.29 is 4.42 Å². The molecule has 1 aliphatic rings. The molecule has 3 heterocycles. The van der Waals surface area contributed by atoms with Crippen LogP contribution in [0.5, 0.6) is 0 Å². The van der Waals surface area contributed by atoms with Gasteiger partial charge in [0.25, 0.3) is 0 Å². The van der Waals surface area contributed by atoms with Crippen LogP contribution in [0, 0.1) is 6.92 Å². The van der Waals surface area contributed by atoms with E-state index in [1.54, 1.807) is 29.4 Å². The van der Waals surface area contributed by atoms with E-state index in [1.165, 1.54) is 21.7 Å². The number of aryl methyl sites for hydroxylation is 1. The highest BCUT2D eigenvalue weighted by Crippen LogP contribution is 2.41. The van der Waals surface area contributed by atoms with Crippen molar-refractivity contribution in [2.24, 2.45) is 0 Å². The summed E-state index contributed by atoms with van der Waals surface area (Å²) in [6.45, 7) is 4.20. The summed E-state index contributed by atoms with van der Waals surface area (Å²) in [6.07, 6.45) is 10.0. The minimum atomic E-state index is 0.873. The smallest absolute Gasteiger partial charge is 0.207 e. The average Bonchev–Trinajstić information content (AvgIpc) is 3.24. The molecule has 0 saturated heterocycles. The second-order valence-electron chi connectivity index (χ2n) is 5.65. The van der Waals surface area contributed by atoms with Gasteiger partial charge in [0.1, 0.15) is 10.5 Å². The number of anilines is 1. The Bertz CT molecular complexity index is 963. The molecule has 0 bridgehead atoms. The Morgan fingerprint density at radius 1 is 1.29 bits per heavy atom. The van der Waals surface area contributed by atoms with E-state index in [-0.39, 0.29) is 0 Å². The minimum Gasteiger partial charge on any atom is -0.452 e. The molecule has 120 valence electrons. The van der Waals surface area contributed by atoms with Gasteiger partial charge in [-0.25, -0.2) is 4.98 Å². The average molecular weight is 352 g/mol. The zero-order valence-electron chi connectivity index (χ0n) is 13.4. The Balaban J connectivity index is 1.46. The summed E-state index contributed by atoms with van der Waals surface area (Å²) in [5.74, 6) is 0. The summed E-state index contributed by atoms with van der Waals surface area (Å²) in [5.41, 5.74) is 4.55. The molecule has 0 unspecified atom stereocenters. The number of thiazole rings is 1. The number of hydrogen-bond donors (Lipinski definition) is 1. The number of nitrogens with zero attached hydrogens (tertiary/aromatic N) is 1. The van der Waals surface area contributed by atoms with Crippen LogP contribution < -0.4 is 5.32 Å². The van der Waals surface area contributed by atoms with Gasteiger partial charge in [-0.05, 0) is 43.7 Å². The summed E-state index contributed by atoms with van der Waals surface area (Å²) < 4.78 is 5.35. The number of hydrogen-bond acceptors (Lipinski definition) is 5. The molecular weight excluding hydrogens is 336 g/mol. The summed E-state index contributed by atoms with van der Waals surface area (Å²) in [5, 5.41) is 5.56. The Labute approximate surface area is 148 Å². The van der Waals surface area contributed by atoms with Gasteiger partial charge in [-0.1, -0.05) is 46.9 Å². The number of benzene rings is 1. The van der Waals surface area contributed by atoms with E-state index in [0.717, 1.165) is 20.5 Å². The quantitative estimate of drug-likeness (QED) is 0.568. The van der Waals surface area contributed by atoms with E-state index in [1.807, 2.05) is 12.1 Å². The van der Waals surface area contributed by atoms with Crippen LogP contribution in [-0.4, -0.2) is 4.98 Å². The number of aromatic nitrogens is 1. The lowest BCUT2D eigenvalue weighted by Crippen LogP contribution is -1.88. The topological polar surface area (TPSA) is 38.1 Å². The molecule has 4 rings (SSSR count). The van der Waals surface area contributed by atoms with Crippen molar-refractivity contribution in [1.82, 2.24) is 4.98 Å². The van der Waals surface area contributed by atoms with Crippen LogP contribution in [0.1, 0.15) is 17.5 Å². The molecule has 0 spiro atoms. The van der Waals surface area contributed by atoms with E-state index in [9.17, 15) is 0 Å². The first kappa shape index (κ1) is 15.3. The fraction of sp³-hybridized carbons (Fsp3) is 0.105. The van der Waals surface area contributed by atoms with Crippen LogP contribution in [0.3, 0.4) is 0 Å². The normalized spacial score (nSPS) is 16.2. The van der Waals surface area contributed by atoms with E-state index in [0.29, 0.717) is 0 Å². The lowest BCUT2D eigenvalue weighted by Gasteiger charge is -1.98. The molecule has 0 amide bonds. The van der Waals surface area contributed by atoms with Crippen LogP contribution >= 0.6 is 23.1 Å². The van der Waals surface area contributed by atoms with Crippen molar-refractivity contribution >= 4 is 45.3 Å². The second kappa shape index (κ2) is 6.34. The summed E-state index contributed by atoms with van der Waals surface area (Å²) in [6, 6.07) is 8.37. The molecular formula is C19H16N2OS2. The van der Waals surface area contributed by atoms with E-state index in [4.69, 9.17) is 4.42 Å². The SMILES string of the molecule is CC(C=Cc1nc2ccoc2s1)=CC=C1Nc2cc(C)ccc2S1. The molecule has 2 aromatic heterocycles. The van der Waals surface area contributed by atoms with Gasteiger partial charge >= 0.3 is 0 Å². The van der Waals surface area contributed by atoms with E-state index >= 15 is 0 Å². The molecule has 1 N–H and O–H groups in total. The van der Waals surface area contributed by atoms with Crippen molar-refractivity contribution in [2.45, 2.75) is 18.7 Å². The van der Waals surface area contributed by atoms with Gasteiger partial charge < -0.3 is 9.73 Å². The number of fused-ring (bicyclic) bond motifs is 2. The summed E-state index contributed by atoms with van der Waals surface area (Å²) >= 11 is 3.32. The number of nitrogens with one attached hydrogen (secondary N) is 1. The molecule has 0 fully saturated rings. The second-order valence-corrected chi connectivity index (χ2v) is 7.72. The zero-order chi connectivity index (χ0) is 16.5. The van der Waals surface area contributed by atoms with E-state index < -0.39 is 0 Å². The van der Waals surface area contributed by atoms with Gasteiger partial charge in [-0.3, -0.25) is 0 Å². The van der Waals surface area contributed by atoms with Crippen LogP contribution in [0.15, 0.2) is 68.7 Å². The summed E-state index contributed by atoms with van der Waals surface area (Å²) in [7, 11) is 0. The first-order valence-electron chi connectivity index (χ1n) is 7.63. The molecule has 0 aliphatic carbocycles. The molecule has 5 heteroatoms. The maximum atomic E-state index is 5.35. The minimum absolute atomic E-state index is 0.873. The fourth-order valence-electron chi connectivity index (χ4n) is 2.40. The summed E-state index contributed by atoms with van der Waals surface area (Å²) in [4.78, 5) is 6.65. The van der Waals surface area contributed by atoms with Crippen LogP contribution in [0.2, 0.25) is 0 Å². The highest BCUT2D eigenvalue weighted by molar-refractivity contribution is 8.03. The molecule has 1 aliphatic heterocycles. The monoisotopic (exact) mass is 352 g/mol. The van der Waals surface area contributed by atoms with Gasteiger partial charge in [0.05, 0.1) is 17.0 Å². The fourth-order valence-corrected chi connectivity index (χ4v) is 4.09. The molecule has 0 saturated carbocycles. The standard InChI is InChI=1S/C19H16N2OS2/c1-12(5-8-18-20-14-9-10-22-19(14)24-18)4-7-17-21-15-11-13(2)3-6-16(15)23-17/h3-11,21H,1-2H3. The highest BCUT2D eigenvalue weighted by Gasteiger charge is 2.14. The van der Waals surface area contributed by atoms with Crippen molar-refractivity contribution in [3.8, 4) is 0 Å². The lowest BCUT2D eigenvalue weighted by molar-refractivity contribution is 0.623. The van der Waals surface area contributed by atoms with Gasteiger partial charge in [0, 0.05) is 11.0 Å². The van der Waals surface area contributed by atoms with Gasteiger partial charge in [0.15, 0.2) is 0 Å². The van der Waals surface area contributed by atoms with Crippen molar-refractivity contribution in [3.63, 3.8) is 0 Å². The maximum absolute atomic E-state index is 5.35. The predicted molar refractivity (Wildman–Crippen MR) is 103 cm³/mol. The molecule has 3 aromatic rings. The van der Waals surface area contributed by atoms with Gasteiger partial charge in [0.2, 0.25) is 4.90 Å². The Kier molecular flexibility index (Phi) is 4.04. The Hall–Kier alpha value is -2.24. The Morgan fingerprint density at radius 2 is 2.21 bits per heavy atom. The molecule has 0 atom stereocenters. The third-order valence-corrected chi connectivity index (χ3v) is 5.60. The van der Waals surface area contributed by atoms with Crippen LogP contribution in [0.4, 0.5) is 5.69 Å². The molecule has 24 heavy (non-hydrogen) atoms.